The second kappa shape index (κ2) is 7.26. The molecule has 0 saturated heterocycles. The second-order valence-corrected chi connectivity index (χ2v) is 12.9. The third-order valence-corrected chi connectivity index (χ3v) is 10.9. The molecule has 24 heavy (non-hydrogen) atoms. The fourth-order valence-corrected chi connectivity index (χ4v) is 6.16. The van der Waals surface area contributed by atoms with Crippen molar-refractivity contribution in [1.29, 1.82) is 0 Å². The molecule has 10 N–H and O–H groups in total. The van der Waals surface area contributed by atoms with Crippen molar-refractivity contribution in [2.75, 3.05) is 0 Å². The highest BCUT2D eigenvalue weighted by atomic mass is 31.2. The molecule has 0 spiro atoms. The van der Waals surface area contributed by atoms with E-state index in [-0.39, 0.29) is 0 Å². The molecule has 0 rings (SSSR count). The average Bonchev–Trinajstić information content (AvgIpc) is 2.28. The van der Waals surface area contributed by atoms with Crippen LogP contribution in [0.3, 0.4) is 0 Å². The van der Waals surface area contributed by atoms with Crippen molar-refractivity contribution in [2.45, 2.75) is 35.8 Å². The van der Waals surface area contributed by atoms with Gasteiger partial charge in [-0.15, -0.1) is 0 Å². The van der Waals surface area contributed by atoms with Crippen LogP contribution in [0.4, 0.5) is 0 Å². The van der Waals surface area contributed by atoms with Crippen LogP contribution >= 0.6 is 30.4 Å². The zero-order valence-electron chi connectivity index (χ0n) is 11.7. The Morgan fingerprint density at radius 1 is 0.500 bits per heavy atom. The van der Waals surface area contributed by atoms with E-state index < -0.39 is 66.2 Å². The van der Waals surface area contributed by atoms with Crippen molar-refractivity contribution < 1.29 is 67.6 Å². The Bertz CT molecular complexity index is 532. The lowest BCUT2D eigenvalue weighted by atomic mass is 10.2. The first-order valence-electron chi connectivity index (χ1n) is 5.88. The molecular formula is C6H18O14P4. The monoisotopic (exact) mass is 438 g/mol. The van der Waals surface area contributed by atoms with Gasteiger partial charge in [0.25, 0.3) is 10.2 Å². The normalized spacial score (nSPS) is 15.6. The summed E-state index contributed by atoms with van der Waals surface area (Å²) in [7, 11) is -22.9. The molecule has 146 valence electrons. The van der Waals surface area contributed by atoms with E-state index >= 15 is 0 Å². The summed E-state index contributed by atoms with van der Waals surface area (Å²) in [6.07, 6.45) is -4.01. The maximum Gasteiger partial charge on any atom is 0.369 e. The van der Waals surface area contributed by atoms with Gasteiger partial charge in [-0.1, -0.05) is 0 Å². The number of rotatable bonds is 9. The van der Waals surface area contributed by atoms with Crippen molar-refractivity contribution >= 4 is 30.4 Å². The molecule has 14 nitrogen and oxygen atoms in total. The van der Waals surface area contributed by atoms with E-state index in [1.54, 1.807) is 0 Å². The summed E-state index contributed by atoms with van der Waals surface area (Å²) < 4.78 is 44.3. The third-order valence-electron chi connectivity index (χ3n) is 3.14. The maximum absolute atomic E-state index is 11.1. The zero-order chi connectivity index (χ0) is 19.8. The summed E-state index contributed by atoms with van der Waals surface area (Å²) in [6.45, 7) is 0. The van der Waals surface area contributed by atoms with Gasteiger partial charge in [0.2, 0.25) is 0 Å². The molecule has 0 aromatic carbocycles. The molecule has 0 aromatic rings. The zero-order valence-corrected chi connectivity index (χ0v) is 15.3. The predicted molar refractivity (Wildman–Crippen MR) is 76.5 cm³/mol. The topological polar surface area (TPSA) is 271 Å². The second-order valence-electron chi connectivity index (χ2n) is 4.93. The minimum atomic E-state index is -5.73. The van der Waals surface area contributed by atoms with Crippen LogP contribution in [0, 0.1) is 0 Å². The molecular weight excluding hydrogens is 420 g/mol. The third kappa shape index (κ3) is 5.03. The maximum atomic E-state index is 11.1. The van der Waals surface area contributed by atoms with Gasteiger partial charge < -0.3 is 49.4 Å². The molecule has 0 radical (unpaired) electrons. The lowest BCUT2D eigenvalue weighted by Crippen LogP contribution is -2.30. The van der Waals surface area contributed by atoms with E-state index in [1.165, 1.54) is 0 Å². The summed E-state index contributed by atoms with van der Waals surface area (Å²) >= 11 is 0. The molecule has 0 amide bonds. The molecule has 0 aliphatic rings. The molecule has 18 heteroatoms. The van der Waals surface area contributed by atoms with Gasteiger partial charge in [0, 0.05) is 0 Å². The standard InChI is InChI=1S/C6H18O14P4/c7-5(21(9,10)11,22(12,13)14)3-1-2-4-6(8,23(15,16)17)24(18,19)20/h7-8H,1-4H2,(H2,9,10,11)(H2,12,13,14)(H2,15,16,17)(H2,18,19,20). The van der Waals surface area contributed by atoms with Gasteiger partial charge in [0.15, 0.2) is 0 Å². The number of unbranched alkanes of at least 4 members (excludes halogenated alkanes) is 1. The summed E-state index contributed by atoms with van der Waals surface area (Å²) in [5, 5.41) is 11.5. The average molecular weight is 438 g/mol. The Balaban J connectivity index is 5.25. The fraction of sp³-hybridized carbons (Fsp3) is 1.00. The van der Waals surface area contributed by atoms with E-state index in [0.29, 0.717) is 0 Å². The Kier molecular flexibility index (Phi) is 7.42. The van der Waals surface area contributed by atoms with Gasteiger partial charge in [0.1, 0.15) is 0 Å². The Morgan fingerprint density at radius 3 is 0.792 bits per heavy atom. The first-order valence-corrected chi connectivity index (χ1v) is 12.3. The molecule has 0 heterocycles. The van der Waals surface area contributed by atoms with Crippen LogP contribution < -0.4 is 0 Å². The SMILES string of the molecule is O=P(O)(O)C(O)(CCCCC(O)(P(=O)(O)O)P(=O)(O)O)P(=O)(O)O. The van der Waals surface area contributed by atoms with Crippen LogP contribution in [0.15, 0.2) is 0 Å². The van der Waals surface area contributed by atoms with Gasteiger partial charge >= 0.3 is 30.4 Å². The first kappa shape index (κ1) is 24.5. The van der Waals surface area contributed by atoms with E-state index in [0.717, 1.165) is 0 Å². The van der Waals surface area contributed by atoms with Crippen molar-refractivity contribution in [3.63, 3.8) is 0 Å². The van der Waals surface area contributed by atoms with Crippen LogP contribution in [-0.4, -0.2) is 59.5 Å². The highest BCUT2D eigenvalue weighted by Crippen LogP contribution is 2.71. The van der Waals surface area contributed by atoms with Crippen molar-refractivity contribution in [3.8, 4) is 0 Å². The van der Waals surface area contributed by atoms with Crippen LogP contribution in [-0.2, 0) is 18.3 Å². The van der Waals surface area contributed by atoms with Crippen molar-refractivity contribution in [3.05, 3.63) is 0 Å². The lowest BCUT2D eigenvalue weighted by molar-refractivity contribution is 0.108. The quantitative estimate of drug-likeness (QED) is 0.146. The van der Waals surface area contributed by atoms with E-state index in [2.05, 4.69) is 0 Å². The highest BCUT2D eigenvalue weighted by Gasteiger charge is 2.60. The Labute approximate surface area is 134 Å². The van der Waals surface area contributed by atoms with Crippen molar-refractivity contribution in [1.82, 2.24) is 0 Å². The molecule has 0 aliphatic carbocycles. The Hall–Kier alpha value is 0.520. The highest BCUT2D eigenvalue weighted by molar-refractivity contribution is 7.72. The minimum Gasteiger partial charge on any atom is -0.368 e. The fourth-order valence-electron chi connectivity index (χ4n) is 1.65. The van der Waals surface area contributed by atoms with Crippen LogP contribution in [0.5, 0.6) is 0 Å². The Morgan fingerprint density at radius 2 is 0.667 bits per heavy atom. The molecule has 0 aromatic heterocycles. The molecule has 0 atom stereocenters. The van der Waals surface area contributed by atoms with E-state index in [1.807, 2.05) is 0 Å². The van der Waals surface area contributed by atoms with Gasteiger partial charge in [0.05, 0.1) is 0 Å². The van der Waals surface area contributed by atoms with Crippen LogP contribution in [0.2, 0.25) is 0 Å². The van der Waals surface area contributed by atoms with E-state index in [4.69, 9.17) is 39.1 Å². The molecule has 0 unspecified atom stereocenters. The summed E-state index contributed by atoms with van der Waals surface area (Å²) in [6, 6.07) is 0. The molecule has 0 fully saturated rings. The molecule has 0 saturated carbocycles. The van der Waals surface area contributed by atoms with Gasteiger partial charge in [-0.05, 0) is 25.7 Å². The van der Waals surface area contributed by atoms with E-state index in [9.17, 15) is 28.5 Å². The largest absolute Gasteiger partial charge is 0.369 e. The number of hydrogen-bond donors (Lipinski definition) is 10. The van der Waals surface area contributed by atoms with Gasteiger partial charge in [-0.3, -0.25) is 18.3 Å². The molecule has 0 bridgehead atoms. The van der Waals surface area contributed by atoms with Crippen LogP contribution in [0.25, 0.3) is 0 Å². The van der Waals surface area contributed by atoms with Gasteiger partial charge in [-0.2, -0.15) is 0 Å². The van der Waals surface area contributed by atoms with Gasteiger partial charge in [-0.25, -0.2) is 0 Å². The minimum absolute atomic E-state index is 0.741. The lowest BCUT2D eigenvalue weighted by Gasteiger charge is -2.31. The summed E-state index contributed by atoms with van der Waals surface area (Å²) in [5.41, 5.74) is 0. The predicted octanol–water partition coefficient (Wildman–Crippen LogP) is -1.45. The number of hydrogen-bond acceptors (Lipinski definition) is 6. The summed E-state index contributed by atoms with van der Waals surface area (Å²) in [4.78, 5) is 70.9. The summed E-state index contributed by atoms with van der Waals surface area (Å²) in [5.74, 6) is 0. The van der Waals surface area contributed by atoms with Crippen molar-refractivity contribution in [2.24, 2.45) is 0 Å². The number of aliphatic hydroxyl groups is 2. The molecule has 0 aliphatic heterocycles. The smallest absolute Gasteiger partial charge is 0.368 e. The van der Waals surface area contributed by atoms with Crippen LogP contribution in [0.1, 0.15) is 25.7 Å². The first-order chi connectivity index (χ1) is 10.2.